The molecule has 0 amide bonds. The monoisotopic (exact) mass is 626 g/mol. The predicted molar refractivity (Wildman–Crippen MR) is 173 cm³/mol. The van der Waals surface area contributed by atoms with Crippen LogP contribution < -0.4 is 43.5 Å². The zero-order chi connectivity index (χ0) is 31.6. The molecule has 0 saturated heterocycles. The minimum atomic E-state index is -0.202. The van der Waals surface area contributed by atoms with Crippen molar-refractivity contribution in [2.24, 2.45) is 0 Å². The highest BCUT2D eigenvalue weighted by atomic mass is 16.6. The molecule has 1 atom stereocenters. The molecule has 12 nitrogen and oxygen atoms in total. The Morgan fingerprint density at radius 2 is 1.20 bits per heavy atom. The summed E-state index contributed by atoms with van der Waals surface area (Å²) in [6.45, 7) is 3.67. The van der Waals surface area contributed by atoms with E-state index in [1.54, 1.807) is 28.4 Å². The third-order valence-electron chi connectivity index (χ3n) is 8.67. The molecule has 0 fully saturated rings. The number of fused-ring (bicyclic) bond motifs is 3. The number of nitrogens with one attached hydrogen (secondary N) is 1. The molecule has 0 spiro atoms. The summed E-state index contributed by atoms with van der Waals surface area (Å²) in [6.07, 6.45) is 1.45. The SMILES string of the molecule is COc1cc2c(cc1OC)CN(c1nc(NCC3COc4ccccc4O3)nc(N3CCc4cc(OC)c(OC)cc4C3)n1)CC2. The maximum absolute atomic E-state index is 6.18. The Bertz CT molecular complexity index is 1640. The summed E-state index contributed by atoms with van der Waals surface area (Å²) in [5, 5.41) is 3.42. The topological polar surface area (TPSA) is 113 Å². The van der Waals surface area contributed by atoms with Crippen molar-refractivity contribution >= 4 is 17.8 Å². The van der Waals surface area contributed by atoms with Crippen LogP contribution in [0, 0.1) is 0 Å². The zero-order valence-corrected chi connectivity index (χ0v) is 26.5. The Morgan fingerprint density at radius 1 is 0.696 bits per heavy atom. The molecule has 0 saturated carbocycles. The molecule has 3 aliphatic heterocycles. The second-order valence-electron chi connectivity index (χ2n) is 11.4. The number of ether oxygens (including phenoxy) is 6. The van der Waals surface area contributed by atoms with Crippen LogP contribution in [0.3, 0.4) is 0 Å². The first-order chi connectivity index (χ1) is 22.5. The van der Waals surface area contributed by atoms with Crippen LogP contribution in [0.25, 0.3) is 0 Å². The molecule has 46 heavy (non-hydrogen) atoms. The van der Waals surface area contributed by atoms with Gasteiger partial charge in [0.2, 0.25) is 17.8 Å². The first-order valence-corrected chi connectivity index (χ1v) is 15.4. The molecular weight excluding hydrogens is 588 g/mol. The molecule has 0 aliphatic carbocycles. The van der Waals surface area contributed by atoms with E-state index in [9.17, 15) is 0 Å². The Labute approximate surface area is 268 Å². The molecule has 0 radical (unpaired) electrons. The number of rotatable bonds is 9. The lowest BCUT2D eigenvalue weighted by molar-refractivity contribution is 0.0996. The average molecular weight is 627 g/mol. The third kappa shape index (κ3) is 5.82. The molecule has 1 N–H and O–H groups in total. The highest BCUT2D eigenvalue weighted by molar-refractivity contribution is 5.54. The van der Waals surface area contributed by atoms with Gasteiger partial charge in [0.15, 0.2) is 34.5 Å². The molecule has 4 aromatic rings. The normalized spacial score (nSPS) is 16.7. The Kier molecular flexibility index (Phi) is 8.17. The van der Waals surface area contributed by atoms with E-state index in [1.165, 1.54) is 11.1 Å². The van der Waals surface area contributed by atoms with Gasteiger partial charge in [0, 0.05) is 26.2 Å². The number of hydrogen-bond acceptors (Lipinski definition) is 12. The summed E-state index contributed by atoms with van der Waals surface area (Å²) in [6, 6.07) is 15.9. The lowest BCUT2D eigenvalue weighted by Gasteiger charge is -2.32. The van der Waals surface area contributed by atoms with Crippen molar-refractivity contribution < 1.29 is 28.4 Å². The summed E-state index contributed by atoms with van der Waals surface area (Å²) < 4.78 is 34.4. The summed E-state index contributed by atoms with van der Waals surface area (Å²) in [5.41, 5.74) is 4.76. The maximum atomic E-state index is 6.18. The second kappa shape index (κ2) is 12.7. The molecule has 7 rings (SSSR count). The highest BCUT2D eigenvalue weighted by Gasteiger charge is 2.27. The highest BCUT2D eigenvalue weighted by Crippen LogP contribution is 2.36. The largest absolute Gasteiger partial charge is 0.493 e. The van der Waals surface area contributed by atoms with E-state index < -0.39 is 0 Å². The summed E-state index contributed by atoms with van der Waals surface area (Å²) in [4.78, 5) is 19.2. The van der Waals surface area contributed by atoms with Gasteiger partial charge in [-0.15, -0.1) is 0 Å². The molecule has 4 heterocycles. The lowest BCUT2D eigenvalue weighted by Crippen LogP contribution is -2.37. The summed E-state index contributed by atoms with van der Waals surface area (Å²) in [7, 11) is 6.64. The number of para-hydroxylation sites is 2. The number of anilines is 3. The fourth-order valence-corrected chi connectivity index (χ4v) is 6.19. The van der Waals surface area contributed by atoms with Crippen LogP contribution in [0.4, 0.5) is 17.8 Å². The van der Waals surface area contributed by atoms with Gasteiger partial charge in [-0.1, -0.05) is 12.1 Å². The number of nitrogens with zero attached hydrogens (tertiary/aromatic N) is 5. The summed E-state index contributed by atoms with van der Waals surface area (Å²) >= 11 is 0. The van der Waals surface area contributed by atoms with Gasteiger partial charge in [-0.05, 0) is 71.5 Å². The first-order valence-electron chi connectivity index (χ1n) is 15.4. The third-order valence-corrected chi connectivity index (χ3v) is 8.67. The fourth-order valence-electron chi connectivity index (χ4n) is 6.19. The van der Waals surface area contributed by atoms with Gasteiger partial charge in [0.1, 0.15) is 12.7 Å². The Morgan fingerprint density at radius 3 is 1.72 bits per heavy atom. The first kappa shape index (κ1) is 29.6. The molecule has 12 heteroatoms. The fraction of sp³-hybridized carbons (Fsp3) is 0.382. The van der Waals surface area contributed by atoms with Crippen molar-refractivity contribution in [1.29, 1.82) is 0 Å². The van der Waals surface area contributed by atoms with Crippen molar-refractivity contribution in [2.45, 2.75) is 32.0 Å². The molecule has 1 aromatic heterocycles. The standard InChI is InChI=1S/C34H38N6O6/c1-41-28-13-21-9-11-39(18-23(21)15-30(28)43-3)33-36-32(35-17-25-20-45-26-7-5-6-8-27(26)46-25)37-34(38-33)40-12-10-22-14-29(42-2)31(44-4)16-24(22)19-40/h5-8,13-16,25H,9-12,17-20H2,1-4H3,(H,35,36,37,38). The van der Waals surface area contributed by atoms with E-state index in [1.807, 2.05) is 36.4 Å². The van der Waals surface area contributed by atoms with E-state index in [-0.39, 0.29) is 6.10 Å². The van der Waals surface area contributed by atoms with Crippen molar-refractivity contribution in [2.75, 3.05) is 69.8 Å². The number of hydrogen-bond donors (Lipinski definition) is 1. The van der Waals surface area contributed by atoms with Gasteiger partial charge in [0.25, 0.3) is 0 Å². The number of aromatic nitrogens is 3. The van der Waals surface area contributed by atoms with E-state index >= 15 is 0 Å². The maximum Gasteiger partial charge on any atom is 0.232 e. The van der Waals surface area contributed by atoms with E-state index in [2.05, 4.69) is 27.2 Å². The predicted octanol–water partition coefficient (Wildman–Crippen LogP) is 4.28. The van der Waals surface area contributed by atoms with Gasteiger partial charge in [-0.2, -0.15) is 15.0 Å². The Hall–Kier alpha value is -5.13. The number of methoxy groups -OCH3 is 4. The second-order valence-corrected chi connectivity index (χ2v) is 11.4. The molecule has 3 aliphatic rings. The smallest absolute Gasteiger partial charge is 0.232 e. The van der Waals surface area contributed by atoms with Crippen LogP contribution in [0.5, 0.6) is 34.5 Å². The van der Waals surface area contributed by atoms with Gasteiger partial charge >= 0.3 is 0 Å². The van der Waals surface area contributed by atoms with E-state index in [0.717, 1.165) is 60.1 Å². The van der Waals surface area contributed by atoms with Gasteiger partial charge in [-0.25, -0.2) is 0 Å². The molecule has 3 aromatic carbocycles. The average Bonchev–Trinajstić information content (AvgIpc) is 3.11. The summed E-state index contributed by atoms with van der Waals surface area (Å²) in [5.74, 6) is 6.07. The Balaban J connectivity index is 1.17. The van der Waals surface area contributed by atoms with Crippen molar-refractivity contribution in [1.82, 2.24) is 15.0 Å². The van der Waals surface area contributed by atoms with Crippen LogP contribution in [0.2, 0.25) is 0 Å². The van der Waals surface area contributed by atoms with E-state index in [4.69, 9.17) is 43.4 Å². The van der Waals surface area contributed by atoms with Gasteiger partial charge in [0.05, 0.1) is 35.0 Å². The minimum absolute atomic E-state index is 0.202. The molecule has 0 bridgehead atoms. The minimum Gasteiger partial charge on any atom is -0.493 e. The van der Waals surface area contributed by atoms with Gasteiger partial charge < -0.3 is 43.5 Å². The molecular formula is C34H38N6O6. The van der Waals surface area contributed by atoms with Crippen LogP contribution >= 0.6 is 0 Å². The molecule has 240 valence electrons. The lowest BCUT2D eigenvalue weighted by atomic mass is 9.99. The molecule has 1 unspecified atom stereocenters. The van der Waals surface area contributed by atoms with Crippen LogP contribution in [-0.4, -0.2) is 75.7 Å². The van der Waals surface area contributed by atoms with Crippen LogP contribution in [-0.2, 0) is 25.9 Å². The van der Waals surface area contributed by atoms with E-state index in [0.29, 0.717) is 55.6 Å². The van der Waals surface area contributed by atoms with Crippen LogP contribution in [0.15, 0.2) is 48.5 Å². The van der Waals surface area contributed by atoms with Crippen molar-refractivity contribution in [3.05, 3.63) is 70.8 Å². The van der Waals surface area contributed by atoms with Gasteiger partial charge in [-0.3, -0.25) is 0 Å². The quantitative estimate of drug-likeness (QED) is 0.286. The van der Waals surface area contributed by atoms with Crippen LogP contribution in [0.1, 0.15) is 22.3 Å². The number of benzene rings is 3. The zero-order valence-electron chi connectivity index (χ0n) is 26.5. The van der Waals surface area contributed by atoms with Crippen molar-refractivity contribution in [3.8, 4) is 34.5 Å². The van der Waals surface area contributed by atoms with Crippen molar-refractivity contribution in [3.63, 3.8) is 0 Å².